The van der Waals surface area contributed by atoms with Gasteiger partial charge in [0.15, 0.2) is 9.84 Å². The van der Waals surface area contributed by atoms with Crippen molar-refractivity contribution in [3.05, 3.63) is 29.8 Å². The molecular weight excluding hydrogens is 258 g/mol. The van der Waals surface area contributed by atoms with Crippen molar-refractivity contribution in [1.82, 2.24) is 0 Å². The second-order valence-electron chi connectivity index (χ2n) is 3.72. The van der Waals surface area contributed by atoms with E-state index in [-0.39, 0.29) is 17.6 Å². The van der Waals surface area contributed by atoms with E-state index >= 15 is 0 Å². The van der Waals surface area contributed by atoms with Crippen LogP contribution in [-0.2, 0) is 9.84 Å². The largest absolute Gasteiger partial charge is 0.224 e. The van der Waals surface area contributed by atoms with Gasteiger partial charge in [-0.2, -0.15) is 5.26 Å². The molecule has 1 atom stereocenters. The molecule has 3 nitrogen and oxygen atoms in total. The summed E-state index contributed by atoms with van der Waals surface area (Å²) in [5, 5.41) is 8.84. The molecule has 1 unspecified atom stereocenters. The molecule has 0 radical (unpaired) electrons. The first-order valence-corrected chi connectivity index (χ1v) is 7.52. The van der Waals surface area contributed by atoms with Gasteiger partial charge in [0, 0.05) is 5.88 Å². The standard InChI is InChI=1S/C12H14ClNO2S/c1-2-7-17(15,16)12-5-3-10(4-6-12)11(8-13)9-14/h3-6,11H,2,7-8H2,1H3. The van der Waals surface area contributed by atoms with Gasteiger partial charge in [-0.05, 0) is 24.1 Å². The summed E-state index contributed by atoms with van der Waals surface area (Å²) in [5.41, 5.74) is 0.748. The zero-order valence-electron chi connectivity index (χ0n) is 9.56. The molecule has 0 N–H and O–H groups in total. The molecule has 0 heterocycles. The van der Waals surface area contributed by atoms with E-state index in [1.165, 1.54) is 12.1 Å². The number of halogens is 1. The van der Waals surface area contributed by atoms with Crippen molar-refractivity contribution in [2.24, 2.45) is 0 Å². The maximum Gasteiger partial charge on any atom is 0.178 e. The van der Waals surface area contributed by atoms with Crippen molar-refractivity contribution in [1.29, 1.82) is 5.26 Å². The maximum atomic E-state index is 11.8. The van der Waals surface area contributed by atoms with Gasteiger partial charge in [-0.25, -0.2) is 8.42 Å². The van der Waals surface area contributed by atoms with Gasteiger partial charge in [0.2, 0.25) is 0 Å². The van der Waals surface area contributed by atoms with Gasteiger partial charge in [0.05, 0.1) is 22.6 Å². The molecule has 92 valence electrons. The minimum atomic E-state index is -3.18. The number of nitrogens with zero attached hydrogens (tertiary/aromatic N) is 1. The molecule has 0 aliphatic carbocycles. The third-order valence-electron chi connectivity index (χ3n) is 2.42. The summed E-state index contributed by atoms with van der Waals surface area (Å²) >= 11 is 5.64. The highest BCUT2D eigenvalue weighted by molar-refractivity contribution is 7.91. The number of hydrogen-bond donors (Lipinski definition) is 0. The summed E-state index contributed by atoms with van der Waals surface area (Å²) in [6, 6.07) is 8.45. The Morgan fingerprint density at radius 2 is 1.94 bits per heavy atom. The van der Waals surface area contributed by atoms with Crippen LogP contribution in [-0.4, -0.2) is 20.1 Å². The summed E-state index contributed by atoms with van der Waals surface area (Å²) in [6.45, 7) is 1.82. The molecule has 0 saturated heterocycles. The third kappa shape index (κ3) is 3.45. The molecule has 0 aliphatic rings. The van der Waals surface area contributed by atoms with Gasteiger partial charge in [-0.1, -0.05) is 19.1 Å². The van der Waals surface area contributed by atoms with E-state index in [1.807, 2.05) is 6.92 Å². The normalized spacial score (nSPS) is 13.0. The lowest BCUT2D eigenvalue weighted by Crippen LogP contribution is -2.06. The predicted octanol–water partition coefficient (Wildman–Crippen LogP) is 2.72. The van der Waals surface area contributed by atoms with Gasteiger partial charge < -0.3 is 0 Å². The Morgan fingerprint density at radius 3 is 2.35 bits per heavy atom. The highest BCUT2D eigenvalue weighted by atomic mass is 35.5. The number of alkyl halides is 1. The second kappa shape index (κ2) is 6.04. The molecule has 0 bridgehead atoms. The Balaban J connectivity index is 3.01. The zero-order chi connectivity index (χ0) is 12.9. The highest BCUT2D eigenvalue weighted by Crippen LogP contribution is 2.20. The van der Waals surface area contributed by atoms with Crippen LogP contribution in [0, 0.1) is 11.3 Å². The number of benzene rings is 1. The molecule has 1 aromatic carbocycles. The Labute approximate surface area is 107 Å². The molecule has 0 fully saturated rings. The predicted molar refractivity (Wildman–Crippen MR) is 67.9 cm³/mol. The first-order chi connectivity index (χ1) is 8.05. The number of hydrogen-bond acceptors (Lipinski definition) is 3. The van der Waals surface area contributed by atoms with Gasteiger partial charge >= 0.3 is 0 Å². The van der Waals surface area contributed by atoms with Crippen LogP contribution in [0.3, 0.4) is 0 Å². The van der Waals surface area contributed by atoms with Crippen LogP contribution in [0.1, 0.15) is 24.8 Å². The Kier molecular flexibility index (Phi) is 4.98. The van der Waals surface area contributed by atoms with Crippen LogP contribution >= 0.6 is 11.6 Å². The topological polar surface area (TPSA) is 57.9 Å². The van der Waals surface area contributed by atoms with Crippen molar-refractivity contribution in [2.75, 3.05) is 11.6 Å². The molecule has 0 saturated carbocycles. The van der Waals surface area contributed by atoms with Gasteiger partial charge in [0.1, 0.15) is 0 Å². The molecule has 1 rings (SSSR count). The van der Waals surface area contributed by atoms with E-state index in [0.717, 1.165) is 5.56 Å². The van der Waals surface area contributed by atoms with Crippen LogP contribution in [0.2, 0.25) is 0 Å². The number of nitriles is 1. The number of sulfone groups is 1. The van der Waals surface area contributed by atoms with E-state index in [0.29, 0.717) is 11.3 Å². The average Bonchev–Trinajstić information content (AvgIpc) is 2.31. The molecule has 0 aliphatic heterocycles. The molecular formula is C12H14ClNO2S. The van der Waals surface area contributed by atoms with Gasteiger partial charge in [-0.15, -0.1) is 11.6 Å². The zero-order valence-corrected chi connectivity index (χ0v) is 11.1. The molecule has 17 heavy (non-hydrogen) atoms. The first kappa shape index (κ1) is 14.0. The Hall–Kier alpha value is -1.05. The fourth-order valence-electron chi connectivity index (χ4n) is 1.49. The summed E-state index contributed by atoms with van der Waals surface area (Å²) in [6.07, 6.45) is 0.590. The van der Waals surface area contributed by atoms with Crippen molar-refractivity contribution in [3.63, 3.8) is 0 Å². The lowest BCUT2D eigenvalue weighted by atomic mass is 10.0. The second-order valence-corrected chi connectivity index (χ2v) is 6.14. The SMILES string of the molecule is CCCS(=O)(=O)c1ccc(C(C#N)CCl)cc1. The minimum absolute atomic E-state index is 0.142. The van der Waals surface area contributed by atoms with Crippen LogP contribution in [0.5, 0.6) is 0 Å². The van der Waals surface area contributed by atoms with Gasteiger partial charge in [-0.3, -0.25) is 0 Å². The highest BCUT2D eigenvalue weighted by Gasteiger charge is 2.14. The smallest absolute Gasteiger partial charge is 0.178 e. The fourth-order valence-corrected chi connectivity index (χ4v) is 3.06. The number of rotatable bonds is 5. The van der Waals surface area contributed by atoms with Crippen molar-refractivity contribution < 1.29 is 8.42 Å². The van der Waals surface area contributed by atoms with E-state index in [2.05, 4.69) is 6.07 Å². The lowest BCUT2D eigenvalue weighted by molar-refractivity contribution is 0.594. The Bertz CT molecular complexity index is 502. The van der Waals surface area contributed by atoms with Crippen LogP contribution in [0.25, 0.3) is 0 Å². The maximum absolute atomic E-state index is 11.8. The minimum Gasteiger partial charge on any atom is -0.224 e. The molecule has 0 amide bonds. The fraction of sp³-hybridized carbons (Fsp3) is 0.417. The lowest BCUT2D eigenvalue weighted by Gasteiger charge is -2.07. The van der Waals surface area contributed by atoms with E-state index in [4.69, 9.17) is 16.9 Å². The molecule has 0 aromatic heterocycles. The van der Waals surface area contributed by atoms with E-state index in [9.17, 15) is 8.42 Å². The van der Waals surface area contributed by atoms with Crippen LogP contribution in [0.15, 0.2) is 29.2 Å². The van der Waals surface area contributed by atoms with Gasteiger partial charge in [0.25, 0.3) is 0 Å². The van der Waals surface area contributed by atoms with Crippen molar-refractivity contribution in [3.8, 4) is 6.07 Å². The average molecular weight is 272 g/mol. The monoisotopic (exact) mass is 271 g/mol. The van der Waals surface area contributed by atoms with Crippen LogP contribution < -0.4 is 0 Å². The van der Waals surface area contributed by atoms with Crippen molar-refractivity contribution in [2.45, 2.75) is 24.2 Å². The first-order valence-electron chi connectivity index (χ1n) is 5.33. The third-order valence-corrected chi connectivity index (χ3v) is 4.67. The Morgan fingerprint density at radius 1 is 1.35 bits per heavy atom. The summed E-state index contributed by atoms with van der Waals surface area (Å²) in [7, 11) is -3.18. The summed E-state index contributed by atoms with van der Waals surface area (Å²) in [4.78, 5) is 0.300. The molecule has 5 heteroatoms. The quantitative estimate of drug-likeness (QED) is 0.774. The van der Waals surface area contributed by atoms with Crippen molar-refractivity contribution >= 4 is 21.4 Å². The molecule has 1 aromatic rings. The summed E-state index contributed by atoms with van der Waals surface area (Å²) in [5.74, 6) is -0.0410. The molecule has 0 spiro atoms. The van der Waals surface area contributed by atoms with E-state index in [1.54, 1.807) is 12.1 Å². The van der Waals surface area contributed by atoms with Crippen LogP contribution in [0.4, 0.5) is 0 Å². The van der Waals surface area contributed by atoms with E-state index < -0.39 is 9.84 Å². The summed E-state index contributed by atoms with van der Waals surface area (Å²) < 4.78 is 23.5.